The minimum absolute atomic E-state index is 0. The van der Waals surface area contributed by atoms with E-state index in [0.29, 0.717) is 0 Å². The standard InChI is InChI=1S/C6H10N.2ClH.Ti/c1-3-5-7-6-4-2;;;/h3-4H,1-2,5-6H2;2*1H;/q-1;;;+1. The van der Waals surface area contributed by atoms with Crippen LogP contribution in [0.1, 0.15) is 0 Å². The zero-order chi connectivity index (χ0) is 6.41. The molecule has 0 aromatic carbocycles. The molecule has 0 amide bonds. The van der Waals surface area contributed by atoms with Crippen LogP contribution >= 0.6 is 24.8 Å². The van der Waals surface area contributed by atoms with Gasteiger partial charge in [-0.15, -0.1) is 24.8 Å². The normalized spacial score (nSPS) is 7.20. The van der Waals surface area contributed by atoms with E-state index in [1.165, 1.54) is 0 Å². The van der Waals surface area contributed by atoms with Gasteiger partial charge in [0.2, 0.25) is 0 Å². The van der Waals surface area contributed by atoms with Crippen LogP contribution in [0.2, 0.25) is 0 Å². The van der Waals surface area contributed by atoms with Gasteiger partial charge in [-0.2, -0.15) is 0 Å². The molecule has 0 heterocycles. The summed E-state index contributed by atoms with van der Waals surface area (Å²) in [4.78, 5) is 0. The van der Waals surface area contributed by atoms with E-state index in [1.807, 2.05) is 32.8 Å². The summed E-state index contributed by atoms with van der Waals surface area (Å²) >= 11 is 2.03. The van der Waals surface area contributed by atoms with Crippen LogP contribution in [-0.4, -0.2) is 16.5 Å². The number of rotatable bonds is 4. The first-order valence-corrected chi connectivity index (χ1v) is 3.19. The molecule has 0 fully saturated rings. The van der Waals surface area contributed by atoms with Crippen molar-refractivity contribution in [3.05, 3.63) is 25.3 Å². The van der Waals surface area contributed by atoms with E-state index in [-0.39, 0.29) is 24.8 Å². The summed E-state index contributed by atoms with van der Waals surface area (Å²) in [6, 6.07) is 0. The van der Waals surface area contributed by atoms with Crippen molar-refractivity contribution in [2.24, 2.45) is 0 Å². The van der Waals surface area contributed by atoms with Crippen molar-refractivity contribution in [1.82, 2.24) is 3.38 Å². The van der Waals surface area contributed by atoms with Gasteiger partial charge in [0.1, 0.15) is 0 Å². The van der Waals surface area contributed by atoms with Gasteiger partial charge in [0.15, 0.2) is 0 Å². The number of halogens is 2. The monoisotopic (exact) mass is 216 g/mol. The van der Waals surface area contributed by atoms with Gasteiger partial charge in [0.25, 0.3) is 0 Å². The topological polar surface area (TPSA) is 3.24 Å². The Hall–Kier alpha value is 0.734. The predicted molar refractivity (Wildman–Crippen MR) is 46.5 cm³/mol. The van der Waals surface area contributed by atoms with Gasteiger partial charge in [-0.25, -0.2) is 0 Å². The maximum Gasteiger partial charge on any atom is -0.147 e. The Morgan fingerprint density at radius 2 is 1.40 bits per heavy atom. The van der Waals surface area contributed by atoms with Gasteiger partial charge in [0.05, 0.1) is 0 Å². The number of nitrogens with zero attached hydrogens (tertiary/aromatic N) is 1. The van der Waals surface area contributed by atoms with E-state index in [0.717, 1.165) is 13.1 Å². The average Bonchev–Trinajstić information content (AvgIpc) is 1.68. The first-order valence-electron chi connectivity index (χ1n) is 2.49. The molecule has 1 nitrogen and oxygen atoms in total. The molecule has 0 atom stereocenters. The van der Waals surface area contributed by atoms with Crippen molar-refractivity contribution in [2.75, 3.05) is 13.1 Å². The maximum absolute atomic E-state index is 3.61. The van der Waals surface area contributed by atoms with Crippen LogP contribution in [0.25, 0.3) is 0 Å². The average molecular weight is 217 g/mol. The van der Waals surface area contributed by atoms with Crippen LogP contribution in [0.5, 0.6) is 0 Å². The van der Waals surface area contributed by atoms with Crippen molar-refractivity contribution in [3.8, 4) is 0 Å². The van der Waals surface area contributed by atoms with Gasteiger partial charge in [-0.1, -0.05) is 0 Å². The second kappa shape index (κ2) is 12.4. The zero-order valence-electron chi connectivity index (χ0n) is 5.75. The molecule has 0 saturated carbocycles. The fourth-order valence-corrected chi connectivity index (χ4v) is 0.789. The molecule has 59 valence electrons. The van der Waals surface area contributed by atoms with Crippen LogP contribution in [0.15, 0.2) is 25.3 Å². The molecule has 0 aliphatic heterocycles. The molecule has 0 aliphatic rings. The molecule has 0 aliphatic carbocycles. The third-order valence-electron chi connectivity index (χ3n) is 0.699. The van der Waals surface area contributed by atoms with E-state index in [1.54, 1.807) is 0 Å². The number of hydrogen-bond donors (Lipinski definition) is 0. The van der Waals surface area contributed by atoms with Crippen molar-refractivity contribution < 1.29 is 20.7 Å². The van der Waals surface area contributed by atoms with E-state index in [9.17, 15) is 0 Å². The Balaban J connectivity index is -0.000000245. The molecular formula is C6H12Cl2NTi. The molecule has 0 spiro atoms. The largest absolute Gasteiger partial charge is 0.147 e. The second-order valence-electron chi connectivity index (χ2n) is 1.48. The fourth-order valence-electron chi connectivity index (χ4n) is 0.386. The summed E-state index contributed by atoms with van der Waals surface area (Å²) in [7, 11) is 0. The maximum atomic E-state index is 3.61. The van der Waals surface area contributed by atoms with E-state index in [4.69, 9.17) is 0 Å². The third kappa shape index (κ3) is 11.5. The van der Waals surface area contributed by atoms with Crippen molar-refractivity contribution in [3.63, 3.8) is 0 Å². The summed E-state index contributed by atoms with van der Waals surface area (Å²) < 4.78 is 2.12. The quantitative estimate of drug-likeness (QED) is 0.513. The second-order valence-corrected chi connectivity index (χ2v) is 2.47. The minimum atomic E-state index is 0. The van der Waals surface area contributed by atoms with Gasteiger partial charge in [-0.3, -0.25) is 0 Å². The SMILES string of the molecule is C=CC[N]([Ti])CC=C.Cl.Cl. The Kier molecular flexibility index (Phi) is 21.1. The van der Waals surface area contributed by atoms with E-state index in [2.05, 4.69) is 16.5 Å². The molecule has 0 radical (unpaired) electrons. The molecule has 0 aromatic heterocycles. The third-order valence-corrected chi connectivity index (χ3v) is 1.27. The summed E-state index contributed by atoms with van der Waals surface area (Å²) in [5.74, 6) is 0. The minimum Gasteiger partial charge on any atom is -0.147 e. The van der Waals surface area contributed by atoms with Crippen LogP contribution in [0.3, 0.4) is 0 Å². The summed E-state index contributed by atoms with van der Waals surface area (Å²) in [6.45, 7) is 9.09. The summed E-state index contributed by atoms with van der Waals surface area (Å²) in [5.41, 5.74) is 0. The zero-order valence-corrected chi connectivity index (χ0v) is 8.94. The first kappa shape index (κ1) is 17.0. The Morgan fingerprint density at radius 1 is 1.10 bits per heavy atom. The van der Waals surface area contributed by atoms with Gasteiger partial charge >= 0.3 is 62.5 Å². The smallest absolute Gasteiger partial charge is 0.147 e. The van der Waals surface area contributed by atoms with Crippen molar-refractivity contribution in [1.29, 1.82) is 0 Å². The Morgan fingerprint density at radius 3 is 1.60 bits per heavy atom. The van der Waals surface area contributed by atoms with Crippen molar-refractivity contribution >= 4 is 24.8 Å². The van der Waals surface area contributed by atoms with Gasteiger partial charge in [-0.05, 0) is 0 Å². The summed E-state index contributed by atoms with van der Waals surface area (Å²) in [5, 5.41) is 0. The van der Waals surface area contributed by atoms with Gasteiger partial charge in [0, 0.05) is 0 Å². The molecule has 0 unspecified atom stereocenters. The molecule has 4 heteroatoms. The van der Waals surface area contributed by atoms with Gasteiger partial charge < -0.3 is 0 Å². The Labute approximate surface area is 87.1 Å². The van der Waals surface area contributed by atoms with E-state index < -0.39 is 0 Å². The summed E-state index contributed by atoms with van der Waals surface area (Å²) in [6.07, 6.45) is 3.76. The molecule has 0 N–H and O–H groups in total. The van der Waals surface area contributed by atoms with Crippen molar-refractivity contribution in [2.45, 2.75) is 0 Å². The number of hydrogen-bond acceptors (Lipinski definition) is 1. The molecule has 0 saturated heterocycles. The molecular weight excluding hydrogens is 205 g/mol. The molecule has 0 aromatic rings. The molecule has 0 bridgehead atoms. The molecule has 0 rings (SSSR count). The van der Waals surface area contributed by atoms with Crippen LogP contribution < -0.4 is 0 Å². The van der Waals surface area contributed by atoms with Crippen LogP contribution in [0.4, 0.5) is 0 Å². The van der Waals surface area contributed by atoms with Crippen LogP contribution in [-0.2, 0) is 20.7 Å². The van der Waals surface area contributed by atoms with Crippen LogP contribution in [0, 0.1) is 0 Å². The first-order chi connectivity index (χ1) is 3.81. The molecule has 10 heavy (non-hydrogen) atoms. The Bertz CT molecular complexity index is 77.8. The predicted octanol–water partition coefficient (Wildman–Crippen LogP) is 1.97. The van der Waals surface area contributed by atoms with E-state index >= 15 is 0 Å². The fraction of sp³-hybridized carbons (Fsp3) is 0.333.